The van der Waals surface area contributed by atoms with Gasteiger partial charge < -0.3 is 20.6 Å². The molecule has 1 aliphatic heterocycles. The molecule has 0 aromatic carbocycles. The molecule has 1 aliphatic rings. The van der Waals surface area contributed by atoms with Crippen molar-refractivity contribution in [3.63, 3.8) is 0 Å². The zero-order valence-corrected chi connectivity index (χ0v) is 9.33. The van der Waals surface area contributed by atoms with Crippen LogP contribution in [0.25, 0.3) is 0 Å². The third-order valence-electron chi connectivity index (χ3n) is 2.51. The first-order chi connectivity index (χ1) is 7.24. The lowest BCUT2D eigenvalue weighted by Gasteiger charge is -2.15. The standard InChI is InChI=1S/C10H21N3O2/c1-2-3-9(14)8-11-4-6-13-7-5-12-10(13)15/h9,11,14H,2-8H2,1H3,(H,12,15). The van der Waals surface area contributed by atoms with E-state index in [1.54, 1.807) is 4.90 Å². The van der Waals surface area contributed by atoms with Gasteiger partial charge in [-0.25, -0.2) is 4.79 Å². The molecule has 2 amide bonds. The van der Waals surface area contributed by atoms with Crippen molar-refractivity contribution in [2.45, 2.75) is 25.9 Å². The van der Waals surface area contributed by atoms with Crippen LogP contribution >= 0.6 is 0 Å². The van der Waals surface area contributed by atoms with Gasteiger partial charge in [-0.1, -0.05) is 13.3 Å². The van der Waals surface area contributed by atoms with Crippen molar-refractivity contribution in [1.82, 2.24) is 15.5 Å². The van der Waals surface area contributed by atoms with Gasteiger partial charge in [-0.15, -0.1) is 0 Å². The highest BCUT2D eigenvalue weighted by Gasteiger charge is 2.18. The van der Waals surface area contributed by atoms with Gasteiger partial charge in [-0.2, -0.15) is 0 Å². The minimum Gasteiger partial charge on any atom is -0.392 e. The van der Waals surface area contributed by atoms with Crippen molar-refractivity contribution in [2.75, 3.05) is 32.7 Å². The predicted molar refractivity (Wildman–Crippen MR) is 58.8 cm³/mol. The quantitative estimate of drug-likeness (QED) is 0.514. The summed E-state index contributed by atoms with van der Waals surface area (Å²) in [7, 11) is 0. The Morgan fingerprint density at radius 1 is 1.67 bits per heavy atom. The Morgan fingerprint density at radius 3 is 3.07 bits per heavy atom. The van der Waals surface area contributed by atoms with E-state index in [1.807, 2.05) is 0 Å². The van der Waals surface area contributed by atoms with Gasteiger partial charge in [0.25, 0.3) is 0 Å². The third-order valence-corrected chi connectivity index (χ3v) is 2.51. The summed E-state index contributed by atoms with van der Waals surface area (Å²) in [5.41, 5.74) is 0. The predicted octanol–water partition coefficient (Wildman–Crippen LogP) is -0.238. The fourth-order valence-corrected chi connectivity index (χ4v) is 1.64. The van der Waals surface area contributed by atoms with Crippen LogP contribution in [0.15, 0.2) is 0 Å². The van der Waals surface area contributed by atoms with Crippen LogP contribution in [0.3, 0.4) is 0 Å². The first-order valence-electron chi connectivity index (χ1n) is 5.65. The molecule has 3 N–H and O–H groups in total. The molecule has 0 aromatic rings. The first-order valence-corrected chi connectivity index (χ1v) is 5.65. The summed E-state index contributed by atoms with van der Waals surface area (Å²) < 4.78 is 0. The molecular weight excluding hydrogens is 194 g/mol. The highest BCUT2D eigenvalue weighted by atomic mass is 16.3. The van der Waals surface area contributed by atoms with E-state index >= 15 is 0 Å². The van der Waals surface area contributed by atoms with E-state index < -0.39 is 0 Å². The maximum atomic E-state index is 11.1. The number of rotatable bonds is 7. The maximum Gasteiger partial charge on any atom is 0.317 e. The molecule has 1 saturated heterocycles. The molecule has 1 atom stereocenters. The molecule has 0 aliphatic carbocycles. The largest absolute Gasteiger partial charge is 0.392 e. The lowest BCUT2D eigenvalue weighted by molar-refractivity contribution is 0.159. The van der Waals surface area contributed by atoms with Crippen LogP contribution in [0.5, 0.6) is 0 Å². The number of urea groups is 1. The Hall–Kier alpha value is -0.810. The smallest absolute Gasteiger partial charge is 0.317 e. The van der Waals surface area contributed by atoms with Crippen molar-refractivity contribution < 1.29 is 9.90 Å². The van der Waals surface area contributed by atoms with Crippen molar-refractivity contribution in [3.05, 3.63) is 0 Å². The van der Waals surface area contributed by atoms with Crippen molar-refractivity contribution in [1.29, 1.82) is 0 Å². The van der Waals surface area contributed by atoms with E-state index in [-0.39, 0.29) is 12.1 Å². The van der Waals surface area contributed by atoms with Crippen LogP contribution in [-0.4, -0.2) is 54.9 Å². The van der Waals surface area contributed by atoms with Crippen LogP contribution in [0.4, 0.5) is 4.79 Å². The van der Waals surface area contributed by atoms with Gasteiger partial charge in [0.1, 0.15) is 0 Å². The van der Waals surface area contributed by atoms with Crippen molar-refractivity contribution in [2.24, 2.45) is 0 Å². The second-order valence-corrected chi connectivity index (χ2v) is 3.87. The molecule has 0 saturated carbocycles. The second-order valence-electron chi connectivity index (χ2n) is 3.87. The van der Waals surface area contributed by atoms with Crippen LogP contribution in [0, 0.1) is 0 Å². The second kappa shape index (κ2) is 6.63. The Morgan fingerprint density at radius 2 is 2.47 bits per heavy atom. The molecule has 0 radical (unpaired) electrons. The van der Waals surface area contributed by atoms with E-state index in [0.717, 1.165) is 32.5 Å². The molecule has 0 spiro atoms. The van der Waals surface area contributed by atoms with E-state index in [2.05, 4.69) is 17.6 Å². The first kappa shape index (κ1) is 12.3. The molecule has 88 valence electrons. The van der Waals surface area contributed by atoms with Gasteiger partial charge in [0.2, 0.25) is 0 Å². The normalized spacial score (nSPS) is 18.0. The van der Waals surface area contributed by atoms with E-state index in [4.69, 9.17) is 0 Å². The number of aliphatic hydroxyl groups excluding tert-OH is 1. The minimum absolute atomic E-state index is 0.0194. The monoisotopic (exact) mass is 215 g/mol. The zero-order chi connectivity index (χ0) is 11.1. The number of hydrogen-bond acceptors (Lipinski definition) is 3. The van der Waals surface area contributed by atoms with Gasteiger partial charge in [0.15, 0.2) is 0 Å². The summed E-state index contributed by atoms with van der Waals surface area (Å²) >= 11 is 0. The summed E-state index contributed by atoms with van der Waals surface area (Å²) in [6, 6.07) is 0.0194. The number of carbonyl (C=O) groups excluding carboxylic acids is 1. The lowest BCUT2D eigenvalue weighted by Crippen LogP contribution is -2.37. The Kier molecular flexibility index (Phi) is 5.42. The average molecular weight is 215 g/mol. The zero-order valence-electron chi connectivity index (χ0n) is 9.33. The summed E-state index contributed by atoms with van der Waals surface area (Å²) in [5, 5.41) is 15.3. The Bertz CT molecular complexity index is 199. The molecule has 1 rings (SSSR count). The van der Waals surface area contributed by atoms with E-state index in [9.17, 15) is 9.90 Å². The molecule has 1 heterocycles. The molecule has 0 aromatic heterocycles. The Balaban J connectivity index is 1.99. The molecule has 5 heteroatoms. The number of carbonyl (C=O) groups is 1. The highest BCUT2D eigenvalue weighted by Crippen LogP contribution is 1.96. The number of nitrogens with zero attached hydrogens (tertiary/aromatic N) is 1. The van der Waals surface area contributed by atoms with Gasteiger partial charge >= 0.3 is 6.03 Å². The summed E-state index contributed by atoms with van der Waals surface area (Å²) in [5.74, 6) is 0. The van der Waals surface area contributed by atoms with Crippen molar-refractivity contribution in [3.8, 4) is 0 Å². The van der Waals surface area contributed by atoms with Gasteiger partial charge in [-0.05, 0) is 6.42 Å². The van der Waals surface area contributed by atoms with Crippen LogP contribution in [0.1, 0.15) is 19.8 Å². The maximum absolute atomic E-state index is 11.1. The highest BCUT2D eigenvalue weighted by molar-refractivity contribution is 5.76. The Labute approximate surface area is 90.8 Å². The van der Waals surface area contributed by atoms with E-state index in [1.165, 1.54) is 0 Å². The fraction of sp³-hybridized carbons (Fsp3) is 0.900. The molecule has 5 nitrogen and oxygen atoms in total. The SMILES string of the molecule is CCCC(O)CNCCN1CCNC1=O. The van der Waals surface area contributed by atoms with Crippen LogP contribution in [-0.2, 0) is 0 Å². The molecule has 1 fully saturated rings. The number of aliphatic hydroxyl groups is 1. The lowest BCUT2D eigenvalue weighted by atomic mass is 10.2. The number of nitrogens with one attached hydrogen (secondary N) is 2. The number of hydrogen-bond donors (Lipinski definition) is 3. The summed E-state index contributed by atoms with van der Waals surface area (Å²) in [6.07, 6.45) is 1.57. The molecule has 1 unspecified atom stereocenters. The summed E-state index contributed by atoms with van der Waals surface area (Å²) in [6.45, 7) is 5.66. The fourth-order valence-electron chi connectivity index (χ4n) is 1.64. The van der Waals surface area contributed by atoms with Gasteiger partial charge in [0.05, 0.1) is 6.10 Å². The molecule has 15 heavy (non-hydrogen) atoms. The van der Waals surface area contributed by atoms with Crippen LogP contribution < -0.4 is 10.6 Å². The third kappa shape index (κ3) is 4.48. The topological polar surface area (TPSA) is 64.6 Å². The van der Waals surface area contributed by atoms with E-state index in [0.29, 0.717) is 13.1 Å². The van der Waals surface area contributed by atoms with Crippen molar-refractivity contribution >= 4 is 6.03 Å². The van der Waals surface area contributed by atoms with Gasteiger partial charge in [-0.3, -0.25) is 0 Å². The van der Waals surface area contributed by atoms with Gasteiger partial charge in [0, 0.05) is 32.7 Å². The molecule has 0 bridgehead atoms. The van der Waals surface area contributed by atoms with Crippen LogP contribution in [0.2, 0.25) is 0 Å². The minimum atomic E-state index is -0.262. The average Bonchev–Trinajstić information content (AvgIpc) is 2.60. The molecular formula is C10H21N3O2. The summed E-state index contributed by atoms with van der Waals surface area (Å²) in [4.78, 5) is 12.9. The number of amides is 2.